The molecule has 0 aromatic rings. The average molecular weight is 518 g/mol. The van der Waals surface area contributed by atoms with Crippen molar-refractivity contribution in [2.75, 3.05) is 25.5 Å². The number of carbonyl (C=O) groups excluding carboxylic acids is 4. The Morgan fingerprint density at radius 3 is 2.40 bits per heavy atom. The van der Waals surface area contributed by atoms with Gasteiger partial charge in [-0.05, 0) is 45.4 Å². The Hall–Kier alpha value is -1.73. The molecule has 12 heteroatoms. The van der Waals surface area contributed by atoms with E-state index in [2.05, 4.69) is 10.2 Å². The lowest BCUT2D eigenvalue weighted by atomic mass is 9.88. The zero-order chi connectivity index (χ0) is 25.8. The molecule has 2 fully saturated rings. The minimum absolute atomic E-state index is 0.0175. The van der Waals surface area contributed by atoms with Crippen molar-refractivity contribution in [2.45, 2.75) is 83.7 Å². The van der Waals surface area contributed by atoms with Gasteiger partial charge in [0.2, 0.25) is 16.9 Å². The monoisotopic (exact) mass is 517 g/mol. The number of rotatable bonds is 13. The first kappa shape index (κ1) is 29.5. The van der Waals surface area contributed by atoms with Crippen LogP contribution in [0, 0.1) is 11.8 Å². The van der Waals surface area contributed by atoms with Gasteiger partial charge in [-0.25, -0.2) is 4.79 Å². The first-order valence-corrected chi connectivity index (χ1v) is 13.4. The molecule has 3 N–H and O–H groups in total. The lowest BCUT2D eigenvalue weighted by molar-refractivity contribution is -0.492. The van der Waals surface area contributed by atoms with E-state index < -0.39 is 24.0 Å². The maximum atomic E-state index is 13.0. The number of nitrogens with zero attached hydrogens (tertiary/aromatic N) is 2. The molecule has 0 spiro atoms. The highest BCUT2D eigenvalue weighted by molar-refractivity contribution is 8.13. The van der Waals surface area contributed by atoms with E-state index in [1.165, 1.54) is 4.90 Å². The maximum Gasteiger partial charge on any atom is 0.328 e. The molecule has 2 amide bonds. The predicted octanol–water partition coefficient (Wildman–Crippen LogP) is 2.29. The van der Waals surface area contributed by atoms with Crippen LogP contribution in [0.5, 0.6) is 0 Å². The molecule has 3 atom stereocenters. The summed E-state index contributed by atoms with van der Waals surface area (Å²) in [6.45, 7) is 4.08. The highest BCUT2D eigenvalue weighted by atomic mass is 32.2. The van der Waals surface area contributed by atoms with E-state index in [4.69, 9.17) is 15.2 Å². The Kier molecular flexibility index (Phi) is 13.0. The van der Waals surface area contributed by atoms with Crippen molar-refractivity contribution in [3.63, 3.8) is 0 Å². The molecule has 1 saturated carbocycles. The van der Waals surface area contributed by atoms with E-state index >= 15 is 0 Å². The standard InChI is InChI=1S/C23H39N3O8S/c1-16(15-35-23(30)17(2)24-20(27)18-9-4-3-5-10-18)21(28)25-12-8-11-19(25)22(29)33-13-6-7-14-34-26(31)32/h16-19,31-32H,3-15H2,1-2H3,(H,24,27). The Bertz CT molecular complexity index is 717. The topological polar surface area (TPSA) is 146 Å². The van der Waals surface area contributed by atoms with E-state index in [-0.39, 0.29) is 47.2 Å². The largest absolute Gasteiger partial charge is 0.464 e. The second-order valence-electron chi connectivity index (χ2n) is 9.25. The van der Waals surface area contributed by atoms with Crippen molar-refractivity contribution < 1.29 is 39.2 Å². The van der Waals surface area contributed by atoms with Crippen molar-refractivity contribution in [2.24, 2.45) is 11.8 Å². The molecule has 0 aromatic heterocycles. The van der Waals surface area contributed by atoms with Crippen LogP contribution in [0.3, 0.4) is 0 Å². The average Bonchev–Trinajstić information content (AvgIpc) is 3.34. The van der Waals surface area contributed by atoms with Gasteiger partial charge in [-0.2, -0.15) is 0 Å². The van der Waals surface area contributed by atoms with Crippen molar-refractivity contribution in [3.8, 4) is 0 Å². The van der Waals surface area contributed by atoms with E-state index in [9.17, 15) is 19.2 Å². The number of carbonyl (C=O) groups is 4. The minimum Gasteiger partial charge on any atom is -0.464 e. The zero-order valence-corrected chi connectivity index (χ0v) is 21.5. The van der Waals surface area contributed by atoms with Gasteiger partial charge in [0, 0.05) is 24.1 Å². The third-order valence-electron chi connectivity index (χ3n) is 6.38. The molecule has 3 unspecified atom stereocenters. The van der Waals surface area contributed by atoms with E-state index in [0.29, 0.717) is 32.2 Å². The number of thioether (sulfide) groups is 1. The van der Waals surface area contributed by atoms with Crippen LogP contribution in [-0.2, 0) is 28.8 Å². The maximum absolute atomic E-state index is 13.0. The Morgan fingerprint density at radius 1 is 1.03 bits per heavy atom. The SMILES string of the molecule is CC(CSC(=O)C(C)NC(=O)C1CCCCC1)C(=O)N1CCCC1C(=O)OCCCCON(O)O. The molecule has 0 radical (unpaired) electrons. The van der Waals surface area contributed by atoms with Crippen molar-refractivity contribution in [3.05, 3.63) is 0 Å². The molecule has 1 heterocycles. The smallest absolute Gasteiger partial charge is 0.328 e. The molecule has 2 aliphatic rings. The summed E-state index contributed by atoms with van der Waals surface area (Å²) in [6.07, 6.45) is 7.14. The van der Waals surface area contributed by atoms with Gasteiger partial charge >= 0.3 is 5.97 Å². The number of hydrogen-bond acceptors (Lipinski definition) is 10. The van der Waals surface area contributed by atoms with Crippen LogP contribution in [0.1, 0.15) is 71.6 Å². The Balaban J connectivity index is 1.71. The van der Waals surface area contributed by atoms with Crippen LogP contribution in [0.2, 0.25) is 0 Å². The number of esters is 1. The summed E-state index contributed by atoms with van der Waals surface area (Å²) >= 11 is 1.03. The van der Waals surface area contributed by atoms with Crippen molar-refractivity contribution >= 4 is 34.7 Å². The van der Waals surface area contributed by atoms with Gasteiger partial charge in [-0.1, -0.05) is 37.9 Å². The molecule has 0 aromatic carbocycles. The quantitative estimate of drug-likeness (QED) is 0.189. The fourth-order valence-electron chi connectivity index (χ4n) is 4.34. The number of unbranched alkanes of at least 4 members (excludes halogenated alkanes) is 1. The molecule has 0 bridgehead atoms. The number of nitrogens with one attached hydrogen (secondary N) is 1. The van der Waals surface area contributed by atoms with Gasteiger partial charge in [0.25, 0.3) is 0 Å². The van der Waals surface area contributed by atoms with Crippen molar-refractivity contribution in [1.29, 1.82) is 0 Å². The number of amides is 2. The third-order valence-corrected chi connectivity index (χ3v) is 7.69. The second kappa shape index (κ2) is 15.4. The molecule has 2 rings (SSSR count). The van der Waals surface area contributed by atoms with Crippen LogP contribution in [0.4, 0.5) is 0 Å². The summed E-state index contributed by atoms with van der Waals surface area (Å²) in [5.74, 6) is -0.927. The van der Waals surface area contributed by atoms with Gasteiger partial charge in [0.05, 0.1) is 24.6 Å². The van der Waals surface area contributed by atoms with Gasteiger partial charge in [0.1, 0.15) is 6.04 Å². The molecule has 1 aliphatic carbocycles. The molecular formula is C23H39N3O8S. The normalized spacial score (nSPS) is 20.5. The molecule has 1 aliphatic heterocycles. The summed E-state index contributed by atoms with van der Waals surface area (Å²) in [6, 6.07) is -1.25. The fourth-order valence-corrected chi connectivity index (χ4v) is 5.20. The summed E-state index contributed by atoms with van der Waals surface area (Å²) in [4.78, 5) is 56.3. The highest BCUT2D eigenvalue weighted by Gasteiger charge is 2.37. The van der Waals surface area contributed by atoms with E-state index in [1.54, 1.807) is 13.8 Å². The minimum atomic E-state index is -0.638. The van der Waals surface area contributed by atoms with Gasteiger partial charge in [0.15, 0.2) is 0 Å². The van der Waals surface area contributed by atoms with Gasteiger partial charge in [-0.3, -0.25) is 29.6 Å². The van der Waals surface area contributed by atoms with Crippen LogP contribution >= 0.6 is 11.8 Å². The highest BCUT2D eigenvalue weighted by Crippen LogP contribution is 2.25. The summed E-state index contributed by atoms with van der Waals surface area (Å²) in [5, 5.41) is 19.2. The molecule has 1 saturated heterocycles. The number of ether oxygens (including phenoxy) is 1. The summed E-state index contributed by atoms with van der Waals surface area (Å²) in [7, 11) is 0. The van der Waals surface area contributed by atoms with Crippen molar-refractivity contribution in [1.82, 2.24) is 15.6 Å². The predicted molar refractivity (Wildman–Crippen MR) is 127 cm³/mol. The molecule has 35 heavy (non-hydrogen) atoms. The molecule has 11 nitrogen and oxygen atoms in total. The number of hydrogen-bond donors (Lipinski definition) is 3. The van der Waals surface area contributed by atoms with Crippen LogP contribution in [-0.4, -0.2) is 81.2 Å². The van der Waals surface area contributed by atoms with Crippen LogP contribution in [0.25, 0.3) is 0 Å². The first-order valence-electron chi connectivity index (χ1n) is 12.5. The van der Waals surface area contributed by atoms with Gasteiger partial charge in [-0.15, -0.1) is 0 Å². The Labute approximate surface area is 210 Å². The lowest BCUT2D eigenvalue weighted by Gasteiger charge is -2.26. The first-order chi connectivity index (χ1) is 16.7. The van der Waals surface area contributed by atoms with Crippen LogP contribution < -0.4 is 5.32 Å². The summed E-state index contributed by atoms with van der Waals surface area (Å²) < 4.78 is 5.28. The summed E-state index contributed by atoms with van der Waals surface area (Å²) in [5.41, 5.74) is 0. The Morgan fingerprint density at radius 2 is 1.71 bits per heavy atom. The van der Waals surface area contributed by atoms with Gasteiger partial charge < -0.3 is 15.0 Å². The lowest BCUT2D eigenvalue weighted by Crippen LogP contribution is -2.44. The fraction of sp³-hybridized carbons (Fsp3) is 0.826. The molecular weight excluding hydrogens is 478 g/mol. The van der Waals surface area contributed by atoms with E-state index in [1.807, 2.05) is 0 Å². The number of likely N-dealkylation sites (tertiary alicyclic amines) is 1. The molecule has 200 valence electrons. The third kappa shape index (κ3) is 10.0. The zero-order valence-electron chi connectivity index (χ0n) is 20.6. The van der Waals surface area contributed by atoms with E-state index in [0.717, 1.165) is 43.9 Å². The van der Waals surface area contributed by atoms with Crippen LogP contribution in [0.15, 0.2) is 0 Å². The second-order valence-corrected chi connectivity index (χ2v) is 10.3.